The van der Waals surface area contributed by atoms with Crippen molar-refractivity contribution in [3.8, 4) is 0 Å². The summed E-state index contributed by atoms with van der Waals surface area (Å²) in [4.78, 5) is 31.2. The van der Waals surface area contributed by atoms with Gasteiger partial charge in [0.15, 0.2) is 49.6 Å². The summed E-state index contributed by atoms with van der Waals surface area (Å²) in [6.07, 6.45) is 1.17. The molecule has 2 unspecified atom stereocenters. The van der Waals surface area contributed by atoms with Crippen molar-refractivity contribution in [3.63, 3.8) is 0 Å². The first-order chi connectivity index (χ1) is 44.3. The van der Waals surface area contributed by atoms with Crippen LogP contribution in [0.25, 0.3) is 0 Å². The number of hydrogen-bond donors (Lipinski definition) is 0. The fraction of sp³-hybridized carbons (Fsp3) is 0.162. The van der Waals surface area contributed by atoms with Crippen LogP contribution in [0.4, 0.5) is 17.6 Å². The first kappa shape index (κ1) is 71.0. The number of carbonyl (C=O) groups is 2. The third-order valence-electron chi connectivity index (χ3n) is 16.7. The van der Waals surface area contributed by atoms with Gasteiger partial charge in [0.2, 0.25) is 0 Å². The minimum atomic E-state index is -6.12. The standard InChI is InChI=1S/2C19H16F2O5S.2C18H15S.ClH.Na/c2*20-19(21,27(23,24)25)18(22)26-10-11-9-16-12-5-1-3-7-14(12)17(11)15-8-4-2-6-13(15)16;2*1-4-10-16(11-5-1)19(17-12-6-2-7-13-17)18-14-8-3-9-15-18;;/h2*1-8,11,16-17H,9-10H2,(H,23,24,25);2*1-15H;1H;/q;;2*+1;;+1/p-3. The molecule has 0 fully saturated rings. The van der Waals surface area contributed by atoms with Gasteiger partial charge in [-0.05, 0) is 130 Å². The molecule has 476 valence electrons. The molecule has 4 bridgehead atoms. The van der Waals surface area contributed by atoms with Crippen molar-refractivity contribution in [1.82, 2.24) is 0 Å². The predicted molar refractivity (Wildman–Crippen MR) is 344 cm³/mol. The number of ether oxygens (including phenoxy) is 2. The van der Waals surface area contributed by atoms with Gasteiger partial charge in [0.1, 0.15) is 0 Å². The fourth-order valence-electron chi connectivity index (χ4n) is 12.7. The Morgan fingerprint density at radius 3 is 0.723 bits per heavy atom. The number of rotatable bonds is 14. The van der Waals surface area contributed by atoms with Gasteiger partial charge in [0.25, 0.3) is 0 Å². The number of benzene rings is 10. The first-order valence-corrected chi connectivity index (χ1v) is 34.7. The van der Waals surface area contributed by atoms with E-state index >= 15 is 0 Å². The molecule has 94 heavy (non-hydrogen) atoms. The summed E-state index contributed by atoms with van der Waals surface area (Å²) in [7, 11) is -12.3. The van der Waals surface area contributed by atoms with Crippen molar-refractivity contribution in [3.05, 3.63) is 324 Å². The molecule has 0 aliphatic heterocycles. The van der Waals surface area contributed by atoms with E-state index in [0.29, 0.717) is 12.8 Å². The second kappa shape index (κ2) is 31.0. The van der Waals surface area contributed by atoms with E-state index in [2.05, 4.69) is 191 Å². The fourth-order valence-corrected chi connectivity index (χ4v) is 17.5. The quantitative estimate of drug-likeness (QED) is 0.0336. The molecule has 10 aromatic carbocycles. The molecule has 2 atom stereocenters. The summed E-state index contributed by atoms with van der Waals surface area (Å²) in [5, 5.41) is -10.2. The predicted octanol–water partition coefficient (Wildman–Crippen LogP) is 9.50. The van der Waals surface area contributed by atoms with Crippen molar-refractivity contribution in [2.75, 3.05) is 13.2 Å². The van der Waals surface area contributed by atoms with E-state index in [4.69, 9.17) is 0 Å². The molecule has 0 aromatic heterocycles. The molecule has 20 heteroatoms. The second-order valence-electron chi connectivity index (χ2n) is 22.2. The summed E-state index contributed by atoms with van der Waals surface area (Å²) >= 11 is 0. The molecule has 6 aliphatic carbocycles. The number of alkyl halides is 4. The zero-order valence-corrected chi connectivity index (χ0v) is 56.5. The second-order valence-corrected chi connectivity index (χ2v) is 29.1. The topological polar surface area (TPSA) is 167 Å². The smallest absolute Gasteiger partial charge is 1.00 e. The Morgan fingerprint density at radius 1 is 0.351 bits per heavy atom. The van der Waals surface area contributed by atoms with Gasteiger partial charge in [-0.2, -0.15) is 17.6 Å². The Balaban J connectivity index is 0.000000148. The van der Waals surface area contributed by atoms with E-state index in [1.807, 2.05) is 97.1 Å². The number of fused-ring (bicyclic) bond motifs is 2. The van der Waals surface area contributed by atoms with Crippen LogP contribution in [0.3, 0.4) is 0 Å². The van der Waals surface area contributed by atoms with Gasteiger partial charge in [-0.15, -0.1) is 0 Å². The van der Waals surface area contributed by atoms with E-state index in [1.165, 1.54) is 29.4 Å². The molecule has 0 amide bonds. The van der Waals surface area contributed by atoms with E-state index in [0.717, 1.165) is 44.5 Å². The molecule has 0 heterocycles. The average molecular weight is 1370 g/mol. The third kappa shape index (κ3) is 15.3. The number of halogens is 5. The van der Waals surface area contributed by atoms with Gasteiger partial charge in [-0.25, -0.2) is 26.4 Å². The van der Waals surface area contributed by atoms with E-state index in [1.54, 1.807) is 0 Å². The van der Waals surface area contributed by atoms with E-state index < -0.39 is 42.7 Å². The summed E-state index contributed by atoms with van der Waals surface area (Å²) in [6.45, 7) is -0.762. The van der Waals surface area contributed by atoms with E-state index in [9.17, 15) is 53.1 Å². The summed E-state index contributed by atoms with van der Waals surface area (Å²) in [5.74, 6) is -5.39. The maximum Gasteiger partial charge on any atom is 1.00 e. The Morgan fingerprint density at radius 2 is 0.532 bits per heavy atom. The maximum absolute atomic E-state index is 13.4. The van der Waals surface area contributed by atoms with Crippen LogP contribution in [0.5, 0.6) is 0 Å². The molecule has 0 saturated heterocycles. The Bertz CT molecular complexity index is 3860. The van der Waals surface area contributed by atoms with Gasteiger partial charge < -0.3 is 31.0 Å². The average Bonchev–Trinajstić information content (AvgIpc) is 0.732. The Hall–Kier alpha value is -7.33. The van der Waals surface area contributed by atoms with Crippen LogP contribution in [0.15, 0.2) is 308 Å². The molecular formula is C74H60ClF4NaO10S4. The molecule has 6 aliphatic rings. The number of esters is 2. The van der Waals surface area contributed by atoms with Gasteiger partial charge in [0, 0.05) is 35.5 Å². The Kier molecular flexibility index (Phi) is 23.4. The molecule has 0 radical (unpaired) electrons. The SMILES string of the molecule is O=C(OCC1CC2c3ccccc3C1c1ccccc12)C(F)(F)S(=O)(=O)[O-].O=C(OCC1CC2c3ccccc3C1c1ccccc12)C(F)(F)S(=O)(=O)[O-].[Cl-].[Na+].c1ccc([S+](c2ccccc2)c2ccccc2)cc1.c1ccc([S+](c2ccccc2)c2ccccc2)cc1. The molecule has 0 saturated carbocycles. The minimum Gasteiger partial charge on any atom is -1.00 e. The molecule has 16 rings (SSSR count). The van der Waals surface area contributed by atoms with Gasteiger partial charge in [-0.1, -0.05) is 206 Å². The van der Waals surface area contributed by atoms with Gasteiger partial charge in [-0.3, -0.25) is 0 Å². The van der Waals surface area contributed by atoms with Crippen LogP contribution in [-0.2, 0) is 61.1 Å². The minimum absolute atomic E-state index is 0. The van der Waals surface area contributed by atoms with Crippen LogP contribution in [0.2, 0.25) is 0 Å². The molecule has 0 N–H and O–H groups in total. The third-order valence-corrected chi connectivity index (χ3v) is 22.7. The summed E-state index contributed by atoms with van der Waals surface area (Å²) in [5.41, 5.74) is 8.86. The van der Waals surface area contributed by atoms with Gasteiger partial charge >= 0.3 is 52.0 Å². The van der Waals surface area contributed by atoms with Crippen molar-refractivity contribution < 1.29 is 105 Å². The van der Waals surface area contributed by atoms with Crippen molar-refractivity contribution in [2.24, 2.45) is 11.8 Å². The largest absolute Gasteiger partial charge is 1.00 e. The summed E-state index contributed by atoms with van der Waals surface area (Å²) in [6, 6.07) is 95.6. The van der Waals surface area contributed by atoms with Crippen LogP contribution < -0.4 is 42.0 Å². The van der Waals surface area contributed by atoms with Crippen molar-refractivity contribution >= 4 is 54.0 Å². The van der Waals surface area contributed by atoms with Crippen molar-refractivity contribution in [1.29, 1.82) is 0 Å². The molecule has 10 aromatic rings. The first-order valence-electron chi connectivity index (χ1n) is 29.5. The maximum atomic E-state index is 13.4. The molecular weight excluding hydrogens is 1310 g/mol. The Labute approximate surface area is 578 Å². The van der Waals surface area contributed by atoms with Crippen molar-refractivity contribution in [2.45, 2.75) is 76.4 Å². The molecule has 10 nitrogen and oxygen atoms in total. The molecule has 0 spiro atoms. The zero-order chi connectivity index (χ0) is 64.6. The van der Waals surface area contributed by atoms with Crippen LogP contribution in [0.1, 0.15) is 81.0 Å². The normalized spacial score (nSPS) is 17.7. The van der Waals surface area contributed by atoms with Crippen LogP contribution in [0, 0.1) is 11.8 Å². The zero-order valence-electron chi connectivity index (χ0n) is 50.5. The van der Waals surface area contributed by atoms with E-state index in [-0.39, 0.29) is 112 Å². The van der Waals surface area contributed by atoms with Crippen LogP contribution >= 0.6 is 0 Å². The number of carbonyl (C=O) groups excluding carboxylic acids is 2. The summed E-state index contributed by atoms with van der Waals surface area (Å²) < 4.78 is 126. The van der Waals surface area contributed by atoms with Crippen LogP contribution in [-0.4, -0.2) is 61.6 Å². The number of hydrogen-bond acceptors (Lipinski definition) is 10. The monoisotopic (exact) mass is 1370 g/mol. The van der Waals surface area contributed by atoms with Gasteiger partial charge in [0.05, 0.1) is 35.0 Å².